The quantitative estimate of drug-likeness (QED) is 0.576. The summed E-state index contributed by atoms with van der Waals surface area (Å²) in [5, 5.41) is 18.0. The minimum absolute atomic E-state index is 0.153. The molecule has 96 valence electrons. The Hall–Kier alpha value is -1.34. The first-order valence-electron chi connectivity index (χ1n) is 5.64. The number of hydrogen-bond acceptors (Lipinski definition) is 4. The third-order valence-corrected chi connectivity index (χ3v) is 3.46. The number of carboxylic acid groups (broad SMARTS) is 1. The molecule has 3 unspecified atom stereocenters. The normalized spacial score (nSPS) is 31.4. The number of aliphatic hydroxyl groups is 1. The van der Waals surface area contributed by atoms with Gasteiger partial charge in [0, 0.05) is 19.0 Å². The molecule has 1 saturated heterocycles. The number of aliphatic carboxylic acids is 1. The maximum atomic E-state index is 11.6. The molecule has 7 nitrogen and oxygen atoms in total. The van der Waals surface area contributed by atoms with E-state index in [1.54, 1.807) is 4.90 Å². The van der Waals surface area contributed by atoms with Crippen LogP contribution in [0, 0.1) is 11.8 Å². The molecule has 1 aliphatic heterocycles. The fraction of sp³-hybridized carbons (Fsp3) is 0.800. The topological polar surface area (TPSA) is 99.1 Å². The summed E-state index contributed by atoms with van der Waals surface area (Å²) in [6, 6.07) is -0.437. The molecule has 1 heterocycles. The van der Waals surface area contributed by atoms with Crippen molar-refractivity contribution in [3.63, 3.8) is 0 Å². The largest absolute Gasteiger partial charge is 0.479 e. The lowest BCUT2D eigenvalue weighted by Crippen LogP contribution is -2.40. The van der Waals surface area contributed by atoms with Crippen molar-refractivity contribution in [2.45, 2.75) is 18.9 Å². The summed E-state index contributed by atoms with van der Waals surface area (Å²) >= 11 is 0. The first kappa shape index (κ1) is 12.1. The Morgan fingerprint density at radius 2 is 2.12 bits per heavy atom. The number of nitrogens with zero attached hydrogens (tertiary/aromatic N) is 1. The van der Waals surface area contributed by atoms with E-state index in [4.69, 9.17) is 5.11 Å². The van der Waals surface area contributed by atoms with Gasteiger partial charge in [0.2, 0.25) is 0 Å². The fourth-order valence-electron chi connectivity index (χ4n) is 2.63. The molecule has 0 aromatic rings. The summed E-state index contributed by atoms with van der Waals surface area (Å²) in [7, 11) is 0. The maximum absolute atomic E-state index is 11.6. The van der Waals surface area contributed by atoms with Crippen molar-refractivity contribution in [3.8, 4) is 0 Å². The van der Waals surface area contributed by atoms with Crippen molar-refractivity contribution in [1.29, 1.82) is 0 Å². The van der Waals surface area contributed by atoms with Gasteiger partial charge in [-0.2, -0.15) is 0 Å². The minimum atomic E-state index is -1.14. The minimum Gasteiger partial charge on any atom is -0.479 e. The number of nitrogens with one attached hydrogen (secondary N) is 1. The van der Waals surface area contributed by atoms with Crippen molar-refractivity contribution < 1.29 is 24.6 Å². The van der Waals surface area contributed by atoms with Gasteiger partial charge in [-0.1, -0.05) is 0 Å². The van der Waals surface area contributed by atoms with E-state index in [2.05, 4.69) is 10.3 Å². The lowest BCUT2D eigenvalue weighted by molar-refractivity contribution is -0.144. The second-order valence-electron chi connectivity index (χ2n) is 4.56. The van der Waals surface area contributed by atoms with Crippen LogP contribution in [0.3, 0.4) is 0 Å². The van der Waals surface area contributed by atoms with Crippen LogP contribution in [0.4, 0.5) is 4.79 Å². The van der Waals surface area contributed by atoms with Crippen molar-refractivity contribution in [2.75, 3.05) is 19.7 Å². The molecule has 0 aromatic heterocycles. The summed E-state index contributed by atoms with van der Waals surface area (Å²) in [5.41, 5.74) is 2.08. The van der Waals surface area contributed by atoms with E-state index in [-0.39, 0.29) is 12.0 Å². The number of urea groups is 1. The second kappa shape index (κ2) is 4.89. The molecule has 7 heteroatoms. The molecule has 17 heavy (non-hydrogen) atoms. The third kappa shape index (κ3) is 2.67. The molecule has 0 bridgehead atoms. The van der Waals surface area contributed by atoms with Crippen molar-refractivity contribution >= 4 is 12.0 Å². The predicted molar refractivity (Wildman–Crippen MR) is 55.9 cm³/mol. The molecule has 3 N–H and O–H groups in total. The molecule has 2 fully saturated rings. The predicted octanol–water partition coefficient (Wildman–Crippen LogP) is -0.585. The van der Waals surface area contributed by atoms with E-state index in [1.807, 2.05) is 0 Å². The van der Waals surface area contributed by atoms with Gasteiger partial charge >= 0.3 is 12.0 Å². The van der Waals surface area contributed by atoms with Gasteiger partial charge in [0.25, 0.3) is 0 Å². The Morgan fingerprint density at radius 1 is 1.35 bits per heavy atom. The van der Waals surface area contributed by atoms with Gasteiger partial charge in [0.05, 0.1) is 6.10 Å². The van der Waals surface area contributed by atoms with Gasteiger partial charge in [-0.3, -0.25) is 4.84 Å². The number of hydroxylamine groups is 1. The molecule has 3 atom stereocenters. The van der Waals surface area contributed by atoms with Gasteiger partial charge in [-0.25, -0.2) is 15.1 Å². The number of carbonyl (C=O) groups is 2. The van der Waals surface area contributed by atoms with Crippen molar-refractivity contribution in [3.05, 3.63) is 0 Å². The number of fused-ring (bicyclic) bond motifs is 1. The first-order valence-corrected chi connectivity index (χ1v) is 5.64. The van der Waals surface area contributed by atoms with E-state index in [1.165, 1.54) is 0 Å². The first-order chi connectivity index (χ1) is 8.08. The van der Waals surface area contributed by atoms with E-state index < -0.39 is 18.6 Å². The monoisotopic (exact) mass is 244 g/mol. The van der Waals surface area contributed by atoms with E-state index in [0.29, 0.717) is 19.0 Å². The SMILES string of the molecule is O=C(O)CONC(=O)N1CC2CCC(O)C2C1. The van der Waals surface area contributed by atoms with E-state index in [9.17, 15) is 14.7 Å². The zero-order chi connectivity index (χ0) is 12.4. The summed E-state index contributed by atoms with van der Waals surface area (Å²) < 4.78 is 0. The number of likely N-dealkylation sites (tertiary alicyclic amines) is 1. The highest BCUT2D eigenvalue weighted by Crippen LogP contribution is 2.37. The number of carboxylic acids is 1. The summed E-state index contributed by atoms with van der Waals surface area (Å²) in [4.78, 5) is 27.8. The average molecular weight is 244 g/mol. The summed E-state index contributed by atoms with van der Waals surface area (Å²) in [6.07, 6.45) is 1.42. The Bertz CT molecular complexity index is 322. The van der Waals surface area contributed by atoms with Gasteiger partial charge < -0.3 is 15.1 Å². The van der Waals surface area contributed by atoms with Crippen LogP contribution in [-0.4, -0.2) is 52.9 Å². The molecule has 0 radical (unpaired) electrons. The molecule has 0 spiro atoms. The Morgan fingerprint density at radius 3 is 2.76 bits per heavy atom. The van der Waals surface area contributed by atoms with Crippen molar-refractivity contribution in [1.82, 2.24) is 10.4 Å². The average Bonchev–Trinajstić information content (AvgIpc) is 2.81. The number of rotatable bonds is 3. The Labute approximate surface area is 98.3 Å². The van der Waals surface area contributed by atoms with Crippen LogP contribution in [0.15, 0.2) is 0 Å². The fourth-order valence-corrected chi connectivity index (χ4v) is 2.63. The Balaban J connectivity index is 1.76. The van der Waals surface area contributed by atoms with E-state index >= 15 is 0 Å². The molecule has 1 aliphatic carbocycles. The highest BCUT2D eigenvalue weighted by Gasteiger charge is 2.43. The number of carbonyl (C=O) groups excluding carboxylic acids is 1. The molecule has 2 rings (SSSR count). The molecule has 0 aromatic carbocycles. The third-order valence-electron chi connectivity index (χ3n) is 3.46. The zero-order valence-corrected chi connectivity index (χ0v) is 9.33. The van der Waals surface area contributed by atoms with Crippen molar-refractivity contribution in [2.24, 2.45) is 11.8 Å². The summed E-state index contributed by atoms with van der Waals surface area (Å²) in [5.74, 6) is -0.630. The van der Waals surface area contributed by atoms with Crippen LogP contribution in [0.25, 0.3) is 0 Å². The molecule has 2 amide bonds. The van der Waals surface area contributed by atoms with Gasteiger partial charge in [-0.05, 0) is 18.8 Å². The van der Waals surface area contributed by atoms with Gasteiger partial charge in [-0.15, -0.1) is 0 Å². The molecular weight excluding hydrogens is 228 g/mol. The maximum Gasteiger partial charge on any atom is 0.341 e. The molecule has 1 saturated carbocycles. The van der Waals surface area contributed by atoms with Crippen LogP contribution in [-0.2, 0) is 9.63 Å². The lowest BCUT2D eigenvalue weighted by Gasteiger charge is -2.18. The number of amides is 2. The van der Waals surface area contributed by atoms with Crippen LogP contribution >= 0.6 is 0 Å². The van der Waals surface area contributed by atoms with Crippen LogP contribution in [0.2, 0.25) is 0 Å². The smallest absolute Gasteiger partial charge is 0.341 e. The number of aliphatic hydroxyl groups excluding tert-OH is 1. The van der Waals surface area contributed by atoms with Crippen LogP contribution < -0.4 is 5.48 Å². The molecular formula is C10H16N2O5. The van der Waals surface area contributed by atoms with Crippen LogP contribution in [0.5, 0.6) is 0 Å². The highest BCUT2D eigenvalue weighted by molar-refractivity contribution is 5.74. The molecule has 2 aliphatic rings. The van der Waals surface area contributed by atoms with E-state index in [0.717, 1.165) is 12.8 Å². The second-order valence-corrected chi connectivity index (χ2v) is 4.56. The lowest BCUT2D eigenvalue weighted by atomic mass is 10.00. The van der Waals surface area contributed by atoms with Gasteiger partial charge in [0.15, 0.2) is 6.61 Å². The zero-order valence-electron chi connectivity index (χ0n) is 9.33. The summed E-state index contributed by atoms with van der Waals surface area (Å²) in [6.45, 7) is 0.549. The van der Waals surface area contributed by atoms with Gasteiger partial charge in [0.1, 0.15) is 0 Å². The Kier molecular flexibility index (Phi) is 3.49. The highest BCUT2D eigenvalue weighted by atomic mass is 16.7. The standard InChI is InChI=1S/C10H16N2O5/c13-8-2-1-6-3-12(4-7(6)8)10(16)11-17-5-9(14)15/h6-8,13H,1-5H2,(H,11,16)(H,14,15). The van der Waals surface area contributed by atoms with Crippen LogP contribution in [0.1, 0.15) is 12.8 Å². The number of hydrogen-bond donors (Lipinski definition) is 3.